The molecule has 2 aromatic carbocycles. The summed E-state index contributed by atoms with van der Waals surface area (Å²) in [5.41, 5.74) is 1.71. The van der Waals surface area contributed by atoms with Crippen LogP contribution in [0.1, 0.15) is 11.3 Å². The van der Waals surface area contributed by atoms with Crippen LogP contribution >= 0.6 is 23.2 Å². The standard InChI is InChI=1S/C22H17Cl2NO4/c1-27-21-12-15(5-8-17-4-2-3-11-25-17)6-9-20(21)29-22(26)14-28-19-10-7-16(23)13-18(19)24/h2-13H,14H2,1H3/b8-5+. The van der Waals surface area contributed by atoms with Crippen molar-refractivity contribution in [3.8, 4) is 17.2 Å². The first-order valence-corrected chi connectivity index (χ1v) is 9.36. The maximum atomic E-state index is 12.1. The molecule has 0 radical (unpaired) electrons. The highest BCUT2D eigenvalue weighted by Gasteiger charge is 2.12. The molecule has 0 saturated carbocycles. The molecule has 3 aromatic rings. The highest BCUT2D eigenvalue weighted by Crippen LogP contribution is 2.30. The molecular weight excluding hydrogens is 413 g/mol. The smallest absolute Gasteiger partial charge is 0.349 e. The number of aromatic nitrogens is 1. The Hall–Kier alpha value is -3.02. The molecule has 0 bridgehead atoms. The fourth-order valence-corrected chi connectivity index (χ4v) is 2.87. The third-order valence-corrected chi connectivity index (χ3v) is 4.32. The summed E-state index contributed by atoms with van der Waals surface area (Å²) in [6, 6.07) is 15.6. The van der Waals surface area contributed by atoms with E-state index >= 15 is 0 Å². The Bertz CT molecular complexity index is 1020. The largest absolute Gasteiger partial charge is 0.493 e. The van der Waals surface area contributed by atoms with E-state index in [4.69, 9.17) is 37.4 Å². The van der Waals surface area contributed by atoms with E-state index in [1.807, 2.05) is 36.4 Å². The Balaban J connectivity index is 1.64. The van der Waals surface area contributed by atoms with Gasteiger partial charge in [0, 0.05) is 11.2 Å². The summed E-state index contributed by atoms with van der Waals surface area (Å²) in [5, 5.41) is 0.791. The maximum Gasteiger partial charge on any atom is 0.349 e. The quantitative estimate of drug-likeness (QED) is 0.363. The van der Waals surface area contributed by atoms with Gasteiger partial charge in [0.05, 0.1) is 17.8 Å². The first kappa shape index (κ1) is 20.7. The molecule has 0 atom stereocenters. The van der Waals surface area contributed by atoms with Crippen molar-refractivity contribution in [1.82, 2.24) is 4.98 Å². The van der Waals surface area contributed by atoms with E-state index in [1.165, 1.54) is 13.2 Å². The van der Waals surface area contributed by atoms with Gasteiger partial charge in [0.2, 0.25) is 0 Å². The highest BCUT2D eigenvalue weighted by molar-refractivity contribution is 6.35. The van der Waals surface area contributed by atoms with E-state index in [0.29, 0.717) is 27.3 Å². The summed E-state index contributed by atoms with van der Waals surface area (Å²) in [6.45, 7) is -0.314. The number of esters is 1. The molecule has 0 aliphatic heterocycles. The average molecular weight is 430 g/mol. The topological polar surface area (TPSA) is 57.7 Å². The lowest BCUT2D eigenvalue weighted by Crippen LogP contribution is -2.18. The average Bonchev–Trinajstić information content (AvgIpc) is 2.73. The number of methoxy groups -OCH3 is 1. The Labute approximate surface area is 178 Å². The molecular formula is C22H17Cl2NO4. The van der Waals surface area contributed by atoms with Gasteiger partial charge in [0.15, 0.2) is 18.1 Å². The summed E-state index contributed by atoms with van der Waals surface area (Å²) < 4.78 is 16.1. The molecule has 1 heterocycles. The number of hydrogen-bond acceptors (Lipinski definition) is 5. The van der Waals surface area contributed by atoms with Gasteiger partial charge in [-0.05, 0) is 54.1 Å². The van der Waals surface area contributed by atoms with Crippen LogP contribution in [-0.4, -0.2) is 24.7 Å². The van der Waals surface area contributed by atoms with E-state index in [1.54, 1.807) is 30.5 Å². The molecule has 0 aliphatic rings. The molecule has 0 N–H and O–H groups in total. The number of halogens is 2. The van der Waals surface area contributed by atoms with Crippen LogP contribution in [0.15, 0.2) is 60.8 Å². The number of nitrogens with zero attached hydrogens (tertiary/aromatic N) is 1. The normalized spacial score (nSPS) is 10.7. The Morgan fingerprint density at radius 2 is 1.83 bits per heavy atom. The van der Waals surface area contributed by atoms with Gasteiger partial charge in [-0.15, -0.1) is 0 Å². The van der Waals surface area contributed by atoms with Gasteiger partial charge < -0.3 is 14.2 Å². The minimum atomic E-state index is -0.592. The predicted molar refractivity (Wildman–Crippen MR) is 114 cm³/mol. The predicted octanol–water partition coefficient (Wildman–Crippen LogP) is 5.55. The second-order valence-electron chi connectivity index (χ2n) is 5.84. The Morgan fingerprint density at radius 3 is 2.55 bits per heavy atom. The zero-order valence-corrected chi connectivity index (χ0v) is 17.0. The van der Waals surface area contributed by atoms with Crippen LogP contribution in [0.3, 0.4) is 0 Å². The number of carbonyl (C=O) groups excluding carboxylic acids is 1. The fraction of sp³-hybridized carbons (Fsp3) is 0.0909. The van der Waals surface area contributed by atoms with Gasteiger partial charge in [-0.25, -0.2) is 4.79 Å². The van der Waals surface area contributed by atoms with Crippen molar-refractivity contribution in [2.45, 2.75) is 0 Å². The van der Waals surface area contributed by atoms with Gasteiger partial charge >= 0.3 is 5.97 Å². The molecule has 0 aliphatic carbocycles. The van der Waals surface area contributed by atoms with Crippen LogP contribution in [0.4, 0.5) is 0 Å². The van der Waals surface area contributed by atoms with Crippen LogP contribution in [0.25, 0.3) is 12.2 Å². The number of rotatable bonds is 7. The van der Waals surface area contributed by atoms with Crippen molar-refractivity contribution in [3.63, 3.8) is 0 Å². The Kier molecular flexibility index (Phi) is 7.11. The van der Waals surface area contributed by atoms with Crippen LogP contribution in [0.2, 0.25) is 10.0 Å². The zero-order chi connectivity index (χ0) is 20.6. The van der Waals surface area contributed by atoms with Gasteiger partial charge in [-0.2, -0.15) is 0 Å². The van der Waals surface area contributed by atoms with Gasteiger partial charge in [0.25, 0.3) is 0 Å². The summed E-state index contributed by atoms with van der Waals surface area (Å²) in [7, 11) is 1.50. The molecule has 7 heteroatoms. The summed E-state index contributed by atoms with van der Waals surface area (Å²) >= 11 is 11.9. The molecule has 0 unspecified atom stereocenters. The molecule has 29 heavy (non-hydrogen) atoms. The van der Waals surface area contributed by atoms with E-state index in [-0.39, 0.29) is 6.61 Å². The zero-order valence-electron chi connectivity index (χ0n) is 15.5. The lowest BCUT2D eigenvalue weighted by molar-refractivity contribution is -0.136. The first-order valence-electron chi connectivity index (χ1n) is 8.61. The van der Waals surface area contributed by atoms with Gasteiger partial charge in [0.1, 0.15) is 5.75 Å². The minimum Gasteiger partial charge on any atom is -0.493 e. The fourth-order valence-electron chi connectivity index (χ4n) is 2.41. The van der Waals surface area contributed by atoms with Crippen molar-refractivity contribution in [2.24, 2.45) is 0 Å². The second kappa shape index (κ2) is 9.96. The van der Waals surface area contributed by atoms with E-state index in [0.717, 1.165) is 11.3 Å². The van der Waals surface area contributed by atoms with Crippen molar-refractivity contribution in [1.29, 1.82) is 0 Å². The number of benzene rings is 2. The number of pyridine rings is 1. The van der Waals surface area contributed by atoms with Crippen molar-refractivity contribution in [3.05, 3.63) is 82.1 Å². The summed E-state index contributed by atoms with van der Waals surface area (Å²) in [6.07, 6.45) is 5.49. The summed E-state index contributed by atoms with van der Waals surface area (Å²) in [4.78, 5) is 16.4. The molecule has 1 aromatic heterocycles. The monoisotopic (exact) mass is 429 g/mol. The Morgan fingerprint density at radius 1 is 1.00 bits per heavy atom. The first-order chi connectivity index (χ1) is 14.0. The second-order valence-corrected chi connectivity index (χ2v) is 6.68. The minimum absolute atomic E-state index is 0.290. The number of ether oxygens (including phenoxy) is 3. The van der Waals surface area contributed by atoms with Crippen LogP contribution < -0.4 is 14.2 Å². The molecule has 0 amide bonds. The van der Waals surface area contributed by atoms with E-state index in [2.05, 4.69) is 4.98 Å². The third-order valence-electron chi connectivity index (χ3n) is 3.79. The van der Waals surface area contributed by atoms with Crippen LogP contribution in [-0.2, 0) is 4.79 Å². The van der Waals surface area contributed by atoms with Gasteiger partial charge in [-0.1, -0.05) is 41.4 Å². The summed E-state index contributed by atoms with van der Waals surface area (Å²) in [5.74, 6) is 0.463. The molecule has 148 valence electrons. The van der Waals surface area contributed by atoms with Gasteiger partial charge in [-0.3, -0.25) is 4.98 Å². The van der Waals surface area contributed by atoms with Crippen LogP contribution in [0.5, 0.6) is 17.2 Å². The SMILES string of the molecule is COc1cc(/C=C/c2ccccn2)ccc1OC(=O)COc1ccc(Cl)cc1Cl. The van der Waals surface area contributed by atoms with E-state index in [9.17, 15) is 4.79 Å². The van der Waals surface area contributed by atoms with Crippen molar-refractivity contribution in [2.75, 3.05) is 13.7 Å². The van der Waals surface area contributed by atoms with Crippen molar-refractivity contribution < 1.29 is 19.0 Å². The molecule has 0 spiro atoms. The lowest BCUT2D eigenvalue weighted by atomic mass is 10.1. The molecule has 0 saturated heterocycles. The maximum absolute atomic E-state index is 12.1. The number of hydrogen-bond donors (Lipinski definition) is 0. The van der Waals surface area contributed by atoms with Crippen molar-refractivity contribution >= 4 is 41.3 Å². The highest BCUT2D eigenvalue weighted by atomic mass is 35.5. The number of carbonyl (C=O) groups is 1. The molecule has 0 fully saturated rings. The third kappa shape index (κ3) is 5.98. The van der Waals surface area contributed by atoms with Crippen LogP contribution in [0, 0.1) is 0 Å². The molecule has 5 nitrogen and oxygen atoms in total. The molecule has 3 rings (SSSR count). The lowest BCUT2D eigenvalue weighted by Gasteiger charge is -2.11. The van der Waals surface area contributed by atoms with E-state index < -0.39 is 5.97 Å².